The van der Waals surface area contributed by atoms with Crippen molar-refractivity contribution >= 4 is 21.6 Å². The minimum atomic E-state index is -4.59. The van der Waals surface area contributed by atoms with Crippen LogP contribution in [0.3, 0.4) is 0 Å². The first kappa shape index (κ1) is 19.5. The van der Waals surface area contributed by atoms with Crippen LogP contribution in [0.15, 0.2) is 64.4 Å². The summed E-state index contributed by atoms with van der Waals surface area (Å²) in [7, 11) is -3.39. The van der Waals surface area contributed by atoms with Crippen molar-refractivity contribution < 1.29 is 21.6 Å². The molecule has 3 aromatic rings. The normalized spacial score (nSPS) is 12.3. The molecule has 142 valence electrons. The van der Waals surface area contributed by atoms with E-state index in [1.165, 1.54) is 40.7 Å². The number of rotatable bonds is 4. The van der Waals surface area contributed by atoms with Crippen LogP contribution in [-0.4, -0.2) is 30.7 Å². The molecule has 0 atom stereocenters. The molecule has 0 N–H and O–H groups in total. The molecule has 0 aliphatic carbocycles. The van der Waals surface area contributed by atoms with E-state index in [4.69, 9.17) is 0 Å². The average molecular weight is 412 g/mol. The van der Waals surface area contributed by atoms with Crippen molar-refractivity contribution in [1.29, 1.82) is 0 Å². The Bertz CT molecular complexity index is 1060. The van der Waals surface area contributed by atoms with Crippen LogP contribution in [0.2, 0.25) is 0 Å². The summed E-state index contributed by atoms with van der Waals surface area (Å²) >= 11 is 1.52. The average Bonchev–Trinajstić information content (AvgIpc) is 3.07. The van der Waals surface area contributed by atoms with Gasteiger partial charge >= 0.3 is 6.18 Å². The van der Waals surface area contributed by atoms with E-state index in [0.717, 1.165) is 17.2 Å². The van der Waals surface area contributed by atoms with Crippen LogP contribution in [0.1, 0.15) is 5.69 Å². The van der Waals surface area contributed by atoms with Gasteiger partial charge in [-0.1, -0.05) is 12.1 Å². The van der Waals surface area contributed by atoms with E-state index >= 15 is 0 Å². The maximum absolute atomic E-state index is 13.2. The first-order valence-corrected chi connectivity index (χ1v) is 10.8. The van der Waals surface area contributed by atoms with Gasteiger partial charge in [0.25, 0.3) is 0 Å². The lowest BCUT2D eigenvalue weighted by atomic mass is 10.1. The van der Waals surface area contributed by atoms with Crippen molar-refractivity contribution in [3.8, 4) is 16.9 Å². The van der Waals surface area contributed by atoms with E-state index in [-0.39, 0.29) is 10.6 Å². The van der Waals surface area contributed by atoms with Gasteiger partial charge in [0.2, 0.25) is 0 Å². The Morgan fingerprint density at radius 1 is 1.00 bits per heavy atom. The summed E-state index contributed by atoms with van der Waals surface area (Å²) in [4.78, 5) is 1.07. The minimum absolute atomic E-state index is 0.0951. The quantitative estimate of drug-likeness (QED) is 0.584. The molecular weight excluding hydrogens is 397 g/mol. The maximum atomic E-state index is 13.2. The summed E-state index contributed by atoms with van der Waals surface area (Å²) in [6, 6.07) is 13.6. The fourth-order valence-electron chi connectivity index (χ4n) is 2.52. The van der Waals surface area contributed by atoms with Crippen molar-refractivity contribution in [2.24, 2.45) is 0 Å². The van der Waals surface area contributed by atoms with Gasteiger partial charge in [0.1, 0.15) is 0 Å². The van der Waals surface area contributed by atoms with Gasteiger partial charge in [-0.2, -0.15) is 18.3 Å². The van der Waals surface area contributed by atoms with Crippen molar-refractivity contribution in [3.63, 3.8) is 0 Å². The minimum Gasteiger partial charge on any atom is -0.233 e. The number of halogens is 3. The molecule has 4 nitrogen and oxygen atoms in total. The Morgan fingerprint density at radius 2 is 1.59 bits per heavy atom. The number of alkyl halides is 3. The second kappa shape index (κ2) is 7.05. The van der Waals surface area contributed by atoms with E-state index in [2.05, 4.69) is 5.10 Å². The monoisotopic (exact) mass is 412 g/mol. The predicted octanol–water partition coefficient (Wildman–Crippen LogP) is 4.68. The largest absolute Gasteiger partial charge is 0.435 e. The fourth-order valence-corrected chi connectivity index (χ4v) is 3.56. The van der Waals surface area contributed by atoms with Crippen LogP contribution < -0.4 is 0 Å². The number of nitrogens with zero attached hydrogens (tertiary/aromatic N) is 2. The Hall–Kier alpha value is -2.26. The van der Waals surface area contributed by atoms with Crippen LogP contribution in [0, 0.1) is 0 Å². The van der Waals surface area contributed by atoms with Gasteiger partial charge in [0.05, 0.1) is 16.3 Å². The van der Waals surface area contributed by atoms with Crippen molar-refractivity contribution in [1.82, 2.24) is 9.78 Å². The number of sulfone groups is 1. The number of benzene rings is 2. The van der Waals surface area contributed by atoms with Crippen molar-refractivity contribution in [2.45, 2.75) is 16.0 Å². The summed E-state index contributed by atoms with van der Waals surface area (Å²) in [6.45, 7) is 0. The molecule has 1 aromatic heterocycles. The van der Waals surface area contributed by atoms with E-state index in [9.17, 15) is 21.6 Å². The highest BCUT2D eigenvalue weighted by atomic mass is 32.2. The lowest BCUT2D eigenvalue weighted by Crippen LogP contribution is -2.07. The first-order valence-electron chi connectivity index (χ1n) is 7.72. The second-order valence-corrected chi connectivity index (χ2v) is 8.71. The van der Waals surface area contributed by atoms with Crippen molar-refractivity contribution in [3.05, 3.63) is 60.3 Å². The van der Waals surface area contributed by atoms with Crippen molar-refractivity contribution in [2.75, 3.05) is 12.5 Å². The van der Waals surface area contributed by atoms with Crippen LogP contribution in [0.5, 0.6) is 0 Å². The molecule has 0 amide bonds. The molecule has 0 unspecified atom stereocenters. The highest BCUT2D eigenvalue weighted by molar-refractivity contribution is 7.98. The van der Waals surface area contributed by atoms with E-state index in [0.29, 0.717) is 11.3 Å². The van der Waals surface area contributed by atoms with Gasteiger partial charge in [0, 0.05) is 16.7 Å². The topological polar surface area (TPSA) is 52.0 Å². The highest BCUT2D eigenvalue weighted by Gasteiger charge is 2.35. The van der Waals surface area contributed by atoms with E-state index in [1.54, 1.807) is 24.3 Å². The standard InChI is InChI=1S/C18H15F3N2O2S2/c1-26-14-7-5-13(6-8-14)23-16(11-17(22-23)18(19,20)21)12-3-9-15(10-4-12)27(2,24)25/h3-11H,1-2H3. The molecule has 0 fully saturated rings. The molecule has 9 heteroatoms. The summed E-state index contributed by atoms with van der Waals surface area (Å²) in [5.41, 5.74) is 0.114. The molecule has 1 heterocycles. The summed E-state index contributed by atoms with van der Waals surface area (Å²) in [6.07, 6.45) is -1.62. The van der Waals surface area contributed by atoms with E-state index < -0.39 is 21.7 Å². The maximum Gasteiger partial charge on any atom is 0.435 e. The zero-order chi connectivity index (χ0) is 19.8. The number of thioether (sulfide) groups is 1. The smallest absolute Gasteiger partial charge is 0.233 e. The zero-order valence-electron chi connectivity index (χ0n) is 14.4. The Kier molecular flexibility index (Phi) is 5.09. The third kappa shape index (κ3) is 4.19. The number of hydrogen-bond acceptors (Lipinski definition) is 4. The van der Waals surface area contributed by atoms with Gasteiger partial charge in [-0.15, -0.1) is 11.8 Å². The Balaban J connectivity index is 2.14. The molecule has 0 radical (unpaired) electrons. The van der Waals surface area contributed by atoms with Crippen LogP contribution in [-0.2, 0) is 16.0 Å². The van der Waals surface area contributed by atoms with Crippen LogP contribution >= 0.6 is 11.8 Å². The highest BCUT2D eigenvalue weighted by Crippen LogP contribution is 2.33. The molecular formula is C18H15F3N2O2S2. The molecule has 3 rings (SSSR count). The predicted molar refractivity (Wildman–Crippen MR) is 98.9 cm³/mol. The molecule has 0 aliphatic rings. The molecule has 0 saturated carbocycles. The fraction of sp³-hybridized carbons (Fsp3) is 0.167. The van der Waals surface area contributed by atoms with Gasteiger partial charge < -0.3 is 0 Å². The van der Waals surface area contributed by atoms with Crippen LogP contribution in [0.25, 0.3) is 16.9 Å². The molecule has 0 spiro atoms. The Labute approximate surface area is 158 Å². The van der Waals surface area contributed by atoms with Gasteiger partial charge in [-0.05, 0) is 48.7 Å². The number of hydrogen-bond donors (Lipinski definition) is 0. The molecule has 0 aliphatic heterocycles. The Morgan fingerprint density at radius 3 is 2.07 bits per heavy atom. The third-order valence-electron chi connectivity index (χ3n) is 3.90. The molecule has 0 saturated heterocycles. The van der Waals surface area contributed by atoms with Crippen LogP contribution in [0.4, 0.5) is 13.2 Å². The van der Waals surface area contributed by atoms with E-state index in [1.807, 2.05) is 6.26 Å². The first-order chi connectivity index (χ1) is 12.6. The van der Waals surface area contributed by atoms with Gasteiger partial charge in [-0.25, -0.2) is 13.1 Å². The number of aromatic nitrogens is 2. The molecule has 0 bridgehead atoms. The summed E-state index contributed by atoms with van der Waals surface area (Å²) in [5, 5.41) is 3.72. The van der Waals surface area contributed by atoms with Gasteiger partial charge in [-0.3, -0.25) is 0 Å². The van der Waals surface area contributed by atoms with Gasteiger partial charge in [0.15, 0.2) is 15.5 Å². The lowest BCUT2D eigenvalue weighted by Gasteiger charge is -2.09. The lowest BCUT2D eigenvalue weighted by molar-refractivity contribution is -0.141. The molecule has 27 heavy (non-hydrogen) atoms. The molecule has 2 aromatic carbocycles. The second-order valence-electron chi connectivity index (χ2n) is 5.82. The summed E-state index contributed by atoms with van der Waals surface area (Å²) < 4.78 is 64.0. The zero-order valence-corrected chi connectivity index (χ0v) is 16.0. The SMILES string of the molecule is CSc1ccc(-n2nc(C(F)(F)F)cc2-c2ccc(S(C)(=O)=O)cc2)cc1. The summed E-state index contributed by atoms with van der Waals surface area (Å²) in [5.74, 6) is 0. The third-order valence-corrected chi connectivity index (χ3v) is 5.77.